The second kappa shape index (κ2) is 8.49. The maximum atomic E-state index is 12.2. The van der Waals surface area contributed by atoms with Crippen molar-refractivity contribution in [2.24, 2.45) is 0 Å². The van der Waals surface area contributed by atoms with E-state index >= 15 is 0 Å². The first-order valence-electron chi connectivity index (χ1n) is 9.98. The van der Waals surface area contributed by atoms with E-state index in [4.69, 9.17) is 9.47 Å². The minimum Gasteiger partial charge on any atom is -0.448 e. The number of hydrogen-bond donors (Lipinski definition) is 2. The maximum absolute atomic E-state index is 12.2. The minimum atomic E-state index is -3.62. The fourth-order valence-electron chi connectivity index (χ4n) is 3.60. The second-order valence-corrected chi connectivity index (χ2v) is 9.09. The second-order valence-electron chi connectivity index (χ2n) is 7.43. The van der Waals surface area contributed by atoms with Crippen molar-refractivity contribution < 1.29 is 22.7 Å². The number of nitrogens with one attached hydrogen (secondary N) is 2. The van der Waals surface area contributed by atoms with E-state index < -0.39 is 15.8 Å². The SMILES string of the molecule is O=C(CCNS(=O)(=O)C=Cc1ccccc1)Nc1ccc2c(c1)OC1(CCCC1)O2. The van der Waals surface area contributed by atoms with Crippen LogP contribution in [0.5, 0.6) is 11.5 Å². The number of hydrogen-bond acceptors (Lipinski definition) is 5. The van der Waals surface area contributed by atoms with E-state index in [-0.39, 0.29) is 18.9 Å². The topological polar surface area (TPSA) is 93.7 Å². The van der Waals surface area contributed by atoms with Gasteiger partial charge in [-0.15, -0.1) is 0 Å². The Morgan fingerprint density at radius 3 is 2.53 bits per heavy atom. The number of benzene rings is 2. The first-order valence-corrected chi connectivity index (χ1v) is 11.5. The van der Waals surface area contributed by atoms with Crippen LogP contribution in [0, 0.1) is 0 Å². The highest BCUT2D eigenvalue weighted by Crippen LogP contribution is 2.47. The summed E-state index contributed by atoms with van der Waals surface area (Å²) in [5, 5.41) is 3.86. The summed E-state index contributed by atoms with van der Waals surface area (Å²) in [4.78, 5) is 12.2. The summed E-state index contributed by atoms with van der Waals surface area (Å²) >= 11 is 0. The molecule has 1 fully saturated rings. The molecular weight excluding hydrogens is 404 g/mol. The lowest BCUT2D eigenvalue weighted by atomic mass is 10.2. The highest BCUT2D eigenvalue weighted by atomic mass is 32.2. The minimum absolute atomic E-state index is 0.000952. The molecule has 1 amide bonds. The zero-order valence-electron chi connectivity index (χ0n) is 16.5. The Bertz CT molecular complexity index is 1040. The molecule has 2 aromatic rings. The Hall–Kier alpha value is -2.84. The van der Waals surface area contributed by atoms with Gasteiger partial charge in [-0.2, -0.15) is 0 Å². The van der Waals surface area contributed by atoms with Crippen LogP contribution in [-0.2, 0) is 14.8 Å². The molecule has 2 N–H and O–H groups in total. The first kappa shape index (κ1) is 20.4. The number of rotatable bonds is 7. The molecule has 1 saturated carbocycles. The quantitative estimate of drug-likeness (QED) is 0.702. The number of sulfonamides is 1. The molecule has 1 aliphatic heterocycles. The van der Waals surface area contributed by atoms with Gasteiger partial charge in [-0.1, -0.05) is 30.3 Å². The molecule has 8 heteroatoms. The number of ether oxygens (including phenoxy) is 2. The van der Waals surface area contributed by atoms with Crippen molar-refractivity contribution in [2.75, 3.05) is 11.9 Å². The van der Waals surface area contributed by atoms with Crippen LogP contribution in [0.25, 0.3) is 6.08 Å². The lowest BCUT2D eigenvalue weighted by Crippen LogP contribution is -2.34. The van der Waals surface area contributed by atoms with E-state index in [2.05, 4.69) is 10.0 Å². The van der Waals surface area contributed by atoms with Gasteiger partial charge in [-0.3, -0.25) is 4.79 Å². The van der Waals surface area contributed by atoms with Crippen LogP contribution in [0.4, 0.5) is 5.69 Å². The van der Waals surface area contributed by atoms with Crippen molar-refractivity contribution in [2.45, 2.75) is 37.9 Å². The number of carbonyl (C=O) groups is 1. The molecule has 158 valence electrons. The molecular formula is C22H24N2O5S. The zero-order valence-corrected chi connectivity index (χ0v) is 17.3. The van der Waals surface area contributed by atoms with E-state index in [0.717, 1.165) is 36.7 Å². The predicted molar refractivity (Wildman–Crippen MR) is 115 cm³/mol. The Kier molecular flexibility index (Phi) is 5.78. The Morgan fingerprint density at radius 2 is 1.77 bits per heavy atom. The van der Waals surface area contributed by atoms with E-state index in [1.807, 2.05) is 18.2 Å². The summed E-state index contributed by atoms with van der Waals surface area (Å²) < 4.78 is 38.4. The molecule has 2 aromatic carbocycles. The summed E-state index contributed by atoms with van der Waals surface area (Å²) in [5.74, 6) is 0.477. The maximum Gasteiger partial charge on any atom is 0.251 e. The summed E-state index contributed by atoms with van der Waals surface area (Å²) in [6.07, 6.45) is 5.40. The fourth-order valence-corrected chi connectivity index (χ4v) is 4.42. The third-order valence-electron chi connectivity index (χ3n) is 5.08. The monoisotopic (exact) mass is 428 g/mol. The van der Waals surface area contributed by atoms with Crippen molar-refractivity contribution in [3.8, 4) is 11.5 Å². The molecule has 1 heterocycles. The predicted octanol–water partition coefficient (Wildman–Crippen LogP) is 3.65. The van der Waals surface area contributed by atoms with Gasteiger partial charge in [0.2, 0.25) is 15.9 Å². The van der Waals surface area contributed by atoms with Crippen LogP contribution in [0.1, 0.15) is 37.7 Å². The van der Waals surface area contributed by atoms with Gasteiger partial charge in [0, 0.05) is 43.0 Å². The van der Waals surface area contributed by atoms with Crippen molar-refractivity contribution >= 4 is 27.7 Å². The number of fused-ring (bicyclic) bond motifs is 1. The molecule has 0 saturated heterocycles. The van der Waals surface area contributed by atoms with Crippen molar-refractivity contribution in [1.82, 2.24) is 4.72 Å². The van der Waals surface area contributed by atoms with Crippen LogP contribution in [0.15, 0.2) is 53.9 Å². The Morgan fingerprint density at radius 1 is 1.03 bits per heavy atom. The molecule has 0 bridgehead atoms. The molecule has 0 aromatic heterocycles. The lowest BCUT2D eigenvalue weighted by Gasteiger charge is -2.21. The highest BCUT2D eigenvalue weighted by Gasteiger charge is 2.44. The van der Waals surface area contributed by atoms with E-state index in [1.165, 1.54) is 6.08 Å². The van der Waals surface area contributed by atoms with Crippen LogP contribution in [0.3, 0.4) is 0 Å². The van der Waals surface area contributed by atoms with Crippen LogP contribution < -0.4 is 19.5 Å². The average Bonchev–Trinajstić information content (AvgIpc) is 3.32. The van der Waals surface area contributed by atoms with Gasteiger partial charge in [0.15, 0.2) is 11.5 Å². The molecule has 1 aliphatic carbocycles. The normalized spacial score (nSPS) is 16.9. The Balaban J connectivity index is 1.26. The summed E-state index contributed by atoms with van der Waals surface area (Å²) in [7, 11) is -3.62. The number of carbonyl (C=O) groups excluding carboxylic acids is 1. The van der Waals surface area contributed by atoms with E-state index in [9.17, 15) is 13.2 Å². The smallest absolute Gasteiger partial charge is 0.251 e. The van der Waals surface area contributed by atoms with Gasteiger partial charge in [-0.05, 0) is 36.6 Å². The van der Waals surface area contributed by atoms with Crippen molar-refractivity contribution in [3.05, 3.63) is 59.5 Å². The molecule has 0 atom stereocenters. The van der Waals surface area contributed by atoms with Crippen LogP contribution >= 0.6 is 0 Å². The summed E-state index contributed by atoms with van der Waals surface area (Å²) in [5.41, 5.74) is 1.37. The molecule has 1 spiro atoms. The molecule has 7 nitrogen and oxygen atoms in total. The van der Waals surface area contributed by atoms with Gasteiger partial charge >= 0.3 is 0 Å². The van der Waals surface area contributed by atoms with Gasteiger partial charge in [0.25, 0.3) is 5.79 Å². The Labute approximate surface area is 176 Å². The summed E-state index contributed by atoms with van der Waals surface area (Å²) in [6, 6.07) is 14.4. The van der Waals surface area contributed by atoms with Crippen molar-refractivity contribution in [1.29, 1.82) is 0 Å². The number of anilines is 1. The van der Waals surface area contributed by atoms with Gasteiger partial charge in [-0.25, -0.2) is 13.1 Å². The highest BCUT2D eigenvalue weighted by molar-refractivity contribution is 7.92. The van der Waals surface area contributed by atoms with Gasteiger partial charge < -0.3 is 14.8 Å². The third kappa shape index (κ3) is 5.01. The molecule has 0 radical (unpaired) electrons. The molecule has 0 unspecified atom stereocenters. The summed E-state index contributed by atoms with van der Waals surface area (Å²) in [6.45, 7) is 0.000952. The largest absolute Gasteiger partial charge is 0.448 e. The van der Waals surface area contributed by atoms with Crippen LogP contribution in [-0.4, -0.2) is 26.7 Å². The van der Waals surface area contributed by atoms with Gasteiger partial charge in [0.05, 0.1) is 0 Å². The first-order chi connectivity index (χ1) is 14.4. The van der Waals surface area contributed by atoms with Crippen LogP contribution in [0.2, 0.25) is 0 Å². The number of amides is 1. The molecule has 30 heavy (non-hydrogen) atoms. The zero-order chi connectivity index (χ0) is 21.0. The van der Waals surface area contributed by atoms with Gasteiger partial charge in [0.1, 0.15) is 0 Å². The average molecular weight is 429 g/mol. The fraction of sp³-hybridized carbons (Fsp3) is 0.318. The molecule has 2 aliphatic rings. The third-order valence-corrected chi connectivity index (χ3v) is 6.18. The van der Waals surface area contributed by atoms with E-state index in [0.29, 0.717) is 17.2 Å². The van der Waals surface area contributed by atoms with Crippen molar-refractivity contribution in [3.63, 3.8) is 0 Å². The standard InChI is InChI=1S/C22H24N2O5S/c25-21(10-14-23-30(26,27)15-11-17-6-2-1-3-7-17)24-18-8-9-19-20(16-18)29-22(28-19)12-4-5-13-22/h1-3,6-9,11,15-16,23H,4-5,10,12-14H2,(H,24,25). The van der Waals surface area contributed by atoms with E-state index in [1.54, 1.807) is 30.3 Å². The molecule has 4 rings (SSSR count). The lowest BCUT2D eigenvalue weighted by molar-refractivity contribution is -0.116.